The Kier molecular flexibility index (Phi) is 20.5. The zero-order chi connectivity index (χ0) is 31.2. The first kappa shape index (κ1) is 37.6. The highest BCUT2D eigenvalue weighted by molar-refractivity contribution is 5.84. The molecule has 0 aliphatic carbocycles. The molecule has 6 amide bonds. The third-order valence-corrected chi connectivity index (χ3v) is 5.69. The molecule has 16 heteroatoms. The quantitative estimate of drug-likeness (QED) is 0.0577. The highest BCUT2D eigenvalue weighted by atomic mass is 19.1. The Balaban J connectivity index is 3.86. The number of nitrogens with zero attached hydrogens (tertiary/aromatic N) is 2. The van der Waals surface area contributed by atoms with Gasteiger partial charge in [0, 0.05) is 78.7 Å². The van der Waals surface area contributed by atoms with E-state index in [-0.39, 0.29) is 77.2 Å². The molecule has 0 aromatic carbocycles. The van der Waals surface area contributed by atoms with Crippen LogP contribution in [-0.2, 0) is 28.8 Å². The lowest BCUT2D eigenvalue weighted by molar-refractivity contribution is -0.166. The van der Waals surface area contributed by atoms with Crippen molar-refractivity contribution in [3.8, 4) is 0 Å². The summed E-state index contributed by atoms with van der Waals surface area (Å²) in [5.41, 5.74) is 0. The standard InChI is InChI=1S/C25H44F2N6O8/c1-18(34)30-16-21(27)11-15-33(41)25(39)9-8-24(38)31-17-20(26)10-13-29-23(37)7-6-22(36)28-12-4-3-5-14-32(40)19(2)35/h20-21,40-41H,3-17H2,1-2H3,(H,28,36)(H,29,37)(H,30,34)(H,31,38). The van der Waals surface area contributed by atoms with Crippen LogP contribution in [0.4, 0.5) is 8.78 Å². The van der Waals surface area contributed by atoms with Gasteiger partial charge >= 0.3 is 0 Å². The Bertz CT molecular complexity index is 851. The highest BCUT2D eigenvalue weighted by Gasteiger charge is 2.17. The second kappa shape index (κ2) is 22.3. The van der Waals surface area contributed by atoms with Crippen LogP contribution in [0.15, 0.2) is 0 Å². The van der Waals surface area contributed by atoms with E-state index in [2.05, 4.69) is 21.3 Å². The molecule has 0 heterocycles. The Hall–Kier alpha value is -3.40. The zero-order valence-electron chi connectivity index (χ0n) is 23.8. The first-order chi connectivity index (χ1) is 19.3. The average molecular weight is 595 g/mol. The number of halogens is 2. The molecule has 0 aromatic heterocycles. The first-order valence-electron chi connectivity index (χ1n) is 13.6. The molecule has 0 rings (SSSR count). The van der Waals surface area contributed by atoms with Gasteiger partial charge in [0.1, 0.15) is 12.3 Å². The fourth-order valence-electron chi connectivity index (χ4n) is 3.23. The number of nitrogens with one attached hydrogen (secondary N) is 4. The molecule has 0 fully saturated rings. The summed E-state index contributed by atoms with van der Waals surface area (Å²) in [6, 6.07) is 0. The smallest absolute Gasteiger partial charge is 0.246 e. The summed E-state index contributed by atoms with van der Waals surface area (Å²) in [6.45, 7) is 2.19. The van der Waals surface area contributed by atoms with Crippen molar-refractivity contribution in [2.75, 3.05) is 39.3 Å². The van der Waals surface area contributed by atoms with Gasteiger partial charge in [-0.2, -0.15) is 0 Å². The van der Waals surface area contributed by atoms with Gasteiger partial charge in [-0.05, 0) is 25.7 Å². The maximum atomic E-state index is 14.0. The molecule has 0 saturated heterocycles. The summed E-state index contributed by atoms with van der Waals surface area (Å²) in [7, 11) is 0. The molecule has 0 aliphatic heterocycles. The van der Waals surface area contributed by atoms with E-state index in [1.165, 1.54) is 13.8 Å². The van der Waals surface area contributed by atoms with Gasteiger partial charge in [0.15, 0.2) is 0 Å². The SMILES string of the molecule is CC(=O)NCC(F)CCN(O)C(=O)CCC(=O)NCC(F)CCNC(=O)CCC(=O)NCCCCCN(O)C(C)=O. The fraction of sp³-hybridized carbons (Fsp3) is 0.760. The van der Waals surface area contributed by atoms with Crippen LogP contribution in [0.25, 0.3) is 0 Å². The summed E-state index contributed by atoms with van der Waals surface area (Å²) < 4.78 is 27.6. The van der Waals surface area contributed by atoms with Gasteiger partial charge in [-0.15, -0.1) is 0 Å². The number of amides is 6. The van der Waals surface area contributed by atoms with Crippen molar-refractivity contribution in [2.24, 2.45) is 0 Å². The lowest BCUT2D eigenvalue weighted by Gasteiger charge is -2.16. The van der Waals surface area contributed by atoms with Crippen molar-refractivity contribution in [3.63, 3.8) is 0 Å². The molecule has 0 radical (unpaired) electrons. The molecule has 14 nitrogen and oxygen atoms in total. The summed E-state index contributed by atoms with van der Waals surface area (Å²) in [5, 5.41) is 29.6. The number of carbonyl (C=O) groups is 6. The Morgan fingerprint density at radius 1 is 0.634 bits per heavy atom. The summed E-state index contributed by atoms with van der Waals surface area (Å²) in [5.74, 6) is -3.00. The van der Waals surface area contributed by atoms with E-state index in [9.17, 15) is 48.0 Å². The predicted octanol–water partition coefficient (Wildman–Crippen LogP) is 0.114. The van der Waals surface area contributed by atoms with E-state index < -0.39 is 41.9 Å². The molecule has 2 atom stereocenters. The van der Waals surface area contributed by atoms with Gasteiger partial charge in [-0.25, -0.2) is 18.9 Å². The third-order valence-electron chi connectivity index (χ3n) is 5.69. The number of hydrogen-bond acceptors (Lipinski definition) is 8. The van der Waals surface area contributed by atoms with E-state index in [1.54, 1.807) is 0 Å². The van der Waals surface area contributed by atoms with Gasteiger partial charge in [0.2, 0.25) is 35.4 Å². The lowest BCUT2D eigenvalue weighted by Crippen LogP contribution is -2.35. The van der Waals surface area contributed by atoms with Crippen LogP contribution in [0.1, 0.15) is 71.6 Å². The summed E-state index contributed by atoms with van der Waals surface area (Å²) >= 11 is 0. The Morgan fingerprint density at radius 2 is 1.17 bits per heavy atom. The van der Waals surface area contributed by atoms with Gasteiger partial charge in [-0.3, -0.25) is 39.2 Å². The molecule has 0 aliphatic rings. The van der Waals surface area contributed by atoms with Gasteiger partial charge in [0.25, 0.3) is 0 Å². The molecule has 2 unspecified atom stereocenters. The maximum Gasteiger partial charge on any atom is 0.246 e. The van der Waals surface area contributed by atoms with E-state index in [0.29, 0.717) is 35.9 Å². The second-order valence-corrected chi connectivity index (χ2v) is 9.43. The number of carbonyl (C=O) groups excluding carboxylic acids is 6. The van der Waals surface area contributed by atoms with Crippen LogP contribution in [0.2, 0.25) is 0 Å². The van der Waals surface area contributed by atoms with Crippen LogP contribution < -0.4 is 21.3 Å². The van der Waals surface area contributed by atoms with Crippen molar-refractivity contribution < 1.29 is 48.0 Å². The summed E-state index contributed by atoms with van der Waals surface area (Å²) in [6.07, 6.45) is -2.07. The van der Waals surface area contributed by atoms with Gasteiger partial charge < -0.3 is 21.3 Å². The Morgan fingerprint density at radius 3 is 1.78 bits per heavy atom. The number of unbranched alkanes of at least 4 members (excludes halogenated alkanes) is 2. The number of rotatable bonds is 22. The zero-order valence-corrected chi connectivity index (χ0v) is 23.8. The minimum atomic E-state index is -1.47. The van der Waals surface area contributed by atoms with Gasteiger partial charge in [-0.1, -0.05) is 0 Å². The van der Waals surface area contributed by atoms with E-state index in [4.69, 9.17) is 0 Å². The third kappa shape index (κ3) is 22.0. The molecule has 41 heavy (non-hydrogen) atoms. The average Bonchev–Trinajstić information content (AvgIpc) is 2.92. The van der Waals surface area contributed by atoms with Crippen LogP contribution in [0.5, 0.6) is 0 Å². The number of hydrogen-bond donors (Lipinski definition) is 6. The largest absolute Gasteiger partial charge is 0.356 e. The molecular weight excluding hydrogens is 550 g/mol. The number of alkyl halides is 2. The van der Waals surface area contributed by atoms with E-state index in [0.717, 1.165) is 0 Å². The highest BCUT2D eigenvalue weighted by Crippen LogP contribution is 2.03. The van der Waals surface area contributed by atoms with Gasteiger partial charge in [0.05, 0.1) is 6.54 Å². The topological polar surface area (TPSA) is 197 Å². The van der Waals surface area contributed by atoms with Crippen molar-refractivity contribution in [2.45, 2.75) is 84.0 Å². The van der Waals surface area contributed by atoms with Crippen LogP contribution >= 0.6 is 0 Å². The van der Waals surface area contributed by atoms with E-state index in [1.807, 2.05) is 0 Å². The van der Waals surface area contributed by atoms with Crippen LogP contribution in [0, 0.1) is 0 Å². The minimum absolute atomic E-state index is 0.00487. The minimum Gasteiger partial charge on any atom is -0.356 e. The van der Waals surface area contributed by atoms with Crippen LogP contribution in [-0.4, -0.2) is 108 Å². The van der Waals surface area contributed by atoms with Crippen LogP contribution in [0.3, 0.4) is 0 Å². The second-order valence-electron chi connectivity index (χ2n) is 9.43. The monoisotopic (exact) mass is 594 g/mol. The summed E-state index contributed by atoms with van der Waals surface area (Å²) in [4.78, 5) is 68.9. The van der Waals surface area contributed by atoms with E-state index >= 15 is 0 Å². The fourth-order valence-corrected chi connectivity index (χ4v) is 3.23. The first-order valence-corrected chi connectivity index (χ1v) is 13.6. The lowest BCUT2D eigenvalue weighted by atomic mass is 10.2. The Labute approximate surface area is 238 Å². The van der Waals surface area contributed by atoms with Crippen molar-refractivity contribution in [3.05, 3.63) is 0 Å². The molecule has 0 spiro atoms. The molecule has 236 valence electrons. The number of hydroxylamine groups is 4. The maximum absolute atomic E-state index is 14.0. The van der Waals surface area contributed by atoms with Crippen molar-refractivity contribution in [1.29, 1.82) is 0 Å². The van der Waals surface area contributed by atoms with Crippen molar-refractivity contribution >= 4 is 35.4 Å². The molecular formula is C25H44F2N6O8. The molecule has 0 saturated carbocycles. The normalized spacial score (nSPS) is 12.0. The predicted molar refractivity (Wildman–Crippen MR) is 142 cm³/mol. The molecule has 6 N–H and O–H groups in total. The molecule has 0 bridgehead atoms. The van der Waals surface area contributed by atoms with Crippen molar-refractivity contribution in [1.82, 2.24) is 31.4 Å². The molecule has 0 aromatic rings.